The molecule has 1 N–H and O–H groups in total. The summed E-state index contributed by atoms with van der Waals surface area (Å²) in [5.41, 5.74) is 2.17. The molecule has 6 heteroatoms. The van der Waals surface area contributed by atoms with Crippen LogP contribution in [0.2, 0.25) is 0 Å². The first kappa shape index (κ1) is 15.0. The van der Waals surface area contributed by atoms with E-state index in [0.717, 1.165) is 27.2 Å². The first-order valence-electron chi connectivity index (χ1n) is 6.17. The smallest absolute Gasteiger partial charge is 0.195 e. The zero-order valence-electron chi connectivity index (χ0n) is 11.4. The summed E-state index contributed by atoms with van der Waals surface area (Å²) in [7, 11) is 0. The lowest BCUT2D eigenvalue weighted by Gasteiger charge is -2.12. The lowest BCUT2D eigenvalue weighted by Crippen LogP contribution is -2.07. The number of halogens is 1. The molecule has 0 fully saturated rings. The van der Waals surface area contributed by atoms with Gasteiger partial charge in [-0.1, -0.05) is 22.0 Å². The molecule has 0 aliphatic carbocycles. The highest BCUT2D eigenvalue weighted by Crippen LogP contribution is 2.27. The highest BCUT2D eigenvalue weighted by molar-refractivity contribution is 9.10. The summed E-state index contributed by atoms with van der Waals surface area (Å²) < 4.78 is 9.40. The molecule has 0 bridgehead atoms. The van der Waals surface area contributed by atoms with Gasteiger partial charge in [-0.05, 0) is 49.3 Å². The molecule has 20 heavy (non-hydrogen) atoms. The van der Waals surface area contributed by atoms with Gasteiger partial charge in [-0.2, -0.15) is 5.10 Å². The van der Waals surface area contributed by atoms with Gasteiger partial charge in [0.1, 0.15) is 12.4 Å². The predicted molar refractivity (Wildman–Crippen MR) is 85.6 cm³/mol. The summed E-state index contributed by atoms with van der Waals surface area (Å²) in [5, 5.41) is 6.97. The largest absolute Gasteiger partial charge is 0.485 e. The van der Waals surface area contributed by atoms with Gasteiger partial charge in [0.25, 0.3) is 0 Å². The normalized spacial score (nSPS) is 10.6. The molecule has 2 rings (SSSR count). The van der Waals surface area contributed by atoms with E-state index in [9.17, 15) is 0 Å². The SMILES string of the molecule is C=CCn1c(COc2c(C)cc(Br)cc2C)n[nH]c1=S. The minimum Gasteiger partial charge on any atom is -0.485 e. The second-order valence-electron chi connectivity index (χ2n) is 4.50. The van der Waals surface area contributed by atoms with Crippen molar-refractivity contribution in [3.63, 3.8) is 0 Å². The van der Waals surface area contributed by atoms with E-state index in [2.05, 4.69) is 32.7 Å². The van der Waals surface area contributed by atoms with E-state index >= 15 is 0 Å². The molecule has 106 valence electrons. The molecule has 0 aliphatic heterocycles. The second kappa shape index (κ2) is 6.37. The number of hydrogen-bond donors (Lipinski definition) is 1. The highest BCUT2D eigenvalue weighted by atomic mass is 79.9. The van der Waals surface area contributed by atoms with E-state index in [0.29, 0.717) is 17.9 Å². The van der Waals surface area contributed by atoms with E-state index in [-0.39, 0.29) is 0 Å². The summed E-state index contributed by atoms with van der Waals surface area (Å²) in [5.74, 6) is 1.64. The van der Waals surface area contributed by atoms with Crippen molar-refractivity contribution in [3.8, 4) is 5.75 Å². The number of aromatic nitrogens is 3. The monoisotopic (exact) mass is 353 g/mol. The molecule has 2 aromatic rings. The number of rotatable bonds is 5. The van der Waals surface area contributed by atoms with E-state index in [4.69, 9.17) is 17.0 Å². The Morgan fingerprint density at radius 2 is 2.10 bits per heavy atom. The molecule has 1 aromatic carbocycles. The zero-order valence-corrected chi connectivity index (χ0v) is 13.8. The molecule has 0 atom stereocenters. The molecule has 4 nitrogen and oxygen atoms in total. The van der Waals surface area contributed by atoms with E-state index < -0.39 is 0 Å². The lowest BCUT2D eigenvalue weighted by molar-refractivity contribution is 0.286. The third-order valence-electron chi connectivity index (χ3n) is 2.92. The fraction of sp³-hybridized carbons (Fsp3) is 0.286. The molecule has 1 aromatic heterocycles. The second-order valence-corrected chi connectivity index (χ2v) is 5.80. The minimum absolute atomic E-state index is 0.365. The van der Waals surface area contributed by atoms with E-state index in [1.807, 2.05) is 30.5 Å². The summed E-state index contributed by atoms with van der Waals surface area (Å²) in [6.07, 6.45) is 1.78. The van der Waals surface area contributed by atoms with Crippen LogP contribution in [0, 0.1) is 18.6 Å². The minimum atomic E-state index is 0.365. The van der Waals surface area contributed by atoms with Crippen molar-refractivity contribution in [2.24, 2.45) is 0 Å². The van der Waals surface area contributed by atoms with Crippen molar-refractivity contribution < 1.29 is 4.74 Å². The van der Waals surface area contributed by atoms with Crippen molar-refractivity contribution in [2.45, 2.75) is 27.0 Å². The Morgan fingerprint density at radius 1 is 1.45 bits per heavy atom. The molecule has 0 saturated carbocycles. The molecule has 0 aliphatic rings. The van der Waals surface area contributed by atoms with Gasteiger partial charge in [-0.3, -0.25) is 9.67 Å². The maximum Gasteiger partial charge on any atom is 0.195 e. The molecule has 0 saturated heterocycles. The Bertz CT molecular complexity index is 667. The van der Waals surface area contributed by atoms with Crippen LogP contribution in [0.25, 0.3) is 0 Å². The topological polar surface area (TPSA) is 42.8 Å². The van der Waals surface area contributed by atoms with Gasteiger partial charge in [0.15, 0.2) is 10.6 Å². The van der Waals surface area contributed by atoms with Gasteiger partial charge in [-0.15, -0.1) is 6.58 Å². The molecule has 0 spiro atoms. The quantitative estimate of drug-likeness (QED) is 0.650. The Labute approximate surface area is 131 Å². The number of nitrogens with zero attached hydrogens (tertiary/aromatic N) is 2. The van der Waals surface area contributed by atoms with Crippen LogP contribution >= 0.6 is 28.1 Å². The van der Waals surface area contributed by atoms with Crippen LogP contribution in [0.3, 0.4) is 0 Å². The van der Waals surface area contributed by atoms with Crippen LogP contribution in [-0.2, 0) is 13.2 Å². The number of allylic oxidation sites excluding steroid dienone is 1. The van der Waals surface area contributed by atoms with Gasteiger partial charge < -0.3 is 4.74 Å². The van der Waals surface area contributed by atoms with Crippen LogP contribution in [0.1, 0.15) is 17.0 Å². The van der Waals surface area contributed by atoms with Gasteiger partial charge >= 0.3 is 0 Å². The Kier molecular flexibility index (Phi) is 4.77. The first-order chi connectivity index (χ1) is 9.52. The van der Waals surface area contributed by atoms with Gasteiger partial charge in [-0.25, -0.2) is 0 Å². The van der Waals surface area contributed by atoms with Crippen LogP contribution in [0.4, 0.5) is 0 Å². The number of benzene rings is 1. The number of aromatic amines is 1. The van der Waals surface area contributed by atoms with Crippen molar-refractivity contribution in [2.75, 3.05) is 0 Å². The summed E-state index contributed by atoms with van der Waals surface area (Å²) in [6, 6.07) is 4.06. The van der Waals surface area contributed by atoms with Crippen LogP contribution in [0.5, 0.6) is 5.75 Å². The van der Waals surface area contributed by atoms with Crippen molar-refractivity contribution >= 4 is 28.1 Å². The standard InChI is InChI=1S/C14H16BrN3OS/c1-4-5-18-12(16-17-14(18)20)8-19-13-9(2)6-11(15)7-10(13)3/h4,6-7H,1,5,8H2,2-3H3,(H,17,20). The van der Waals surface area contributed by atoms with Crippen LogP contribution < -0.4 is 4.74 Å². The van der Waals surface area contributed by atoms with E-state index in [1.54, 1.807) is 6.08 Å². The van der Waals surface area contributed by atoms with Gasteiger partial charge in [0.05, 0.1) is 0 Å². The fourth-order valence-electron chi connectivity index (χ4n) is 2.04. The first-order valence-corrected chi connectivity index (χ1v) is 7.37. The predicted octanol–water partition coefficient (Wildman–Crippen LogP) is 4.09. The fourth-order valence-corrected chi connectivity index (χ4v) is 2.95. The lowest BCUT2D eigenvalue weighted by atomic mass is 10.1. The van der Waals surface area contributed by atoms with Gasteiger partial charge in [0.2, 0.25) is 0 Å². The summed E-state index contributed by atoms with van der Waals surface area (Å²) in [4.78, 5) is 0. The average molecular weight is 354 g/mol. The average Bonchev–Trinajstić information content (AvgIpc) is 2.70. The van der Waals surface area contributed by atoms with Crippen molar-refractivity contribution in [1.29, 1.82) is 0 Å². The Hall–Kier alpha value is -1.40. The molecular formula is C14H16BrN3OS. The van der Waals surface area contributed by atoms with Crippen LogP contribution in [0.15, 0.2) is 29.3 Å². The number of H-pyrrole nitrogens is 1. The maximum atomic E-state index is 5.90. The zero-order chi connectivity index (χ0) is 14.7. The van der Waals surface area contributed by atoms with Gasteiger partial charge in [0, 0.05) is 11.0 Å². The molecule has 0 amide bonds. The van der Waals surface area contributed by atoms with Crippen molar-refractivity contribution in [3.05, 3.63) is 51.0 Å². The highest BCUT2D eigenvalue weighted by Gasteiger charge is 2.09. The number of ether oxygens (including phenoxy) is 1. The maximum absolute atomic E-state index is 5.90. The Balaban J connectivity index is 2.21. The number of aryl methyl sites for hydroxylation is 2. The van der Waals surface area contributed by atoms with Crippen molar-refractivity contribution in [1.82, 2.24) is 14.8 Å². The molecular weight excluding hydrogens is 338 g/mol. The Morgan fingerprint density at radius 3 is 2.70 bits per heavy atom. The van der Waals surface area contributed by atoms with E-state index in [1.165, 1.54) is 0 Å². The third-order valence-corrected chi connectivity index (χ3v) is 3.69. The van der Waals surface area contributed by atoms with Crippen LogP contribution in [-0.4, -0.2) is 14.8 Å². The molecule has 1 heterocycles. The number of hydrogen-bond acceptors (Lipinski definition) is 3. The third kappa shape index (κ3) is 3.19. The summed E-state index contributed by atoms with van der Waals surface area (Å²) >= 11 is 8.65. The molecule has 0 unspecified atom stereocenters. The molecule has 0 radical (unpaired) electrons. The summed E-state index contributed by atoms with van der Waals surface area (Å²) in [6.45, 7) is 8.75. The number of nitrogens with one attached hydrogen (secondary N) is 1.